The molecule has 0 saturated carbocycles. The number of ether oxygens (including phenoxy) is 1. The normalized spacial score (nSPS) is 21.5. The SMILES string of the molecule is O=COC(Cc1ccccc1)CC1(N2CCCC2=O)CCNCC1. The molecule has 1 atom stereocenters. The summed E-state index contributed by atoms with van der Waals surface area (Å²) in [6.45, 7) is 3.19. The van der Waals surface area contributed by atoms with Gasteiger partial charge in [-0.15, -0.1) is 0 Å². The van der Waals surface area contributed by atoms with Gasteiger partial charge >= 0.3 is 0 Å². The van der Waals surface area contributed by atoms with Gasteiger partial charge in [-0.1, -0.05) is 30.3 Å². The molecule has 0 bridgehead atoms. The molecule has 1 amide bonds. The molecule has 0 aromatic heterocycles. The highest BCUT2D eigenvalue weighted by molar-refractivity contribution is 5.79. The summed E-state index contributed by atoms with van der Waals surface area (Å²) >= 11 is 0. The monoisotopic (exact) mass is 330 g/mol. The molecule has 24 heavy (non-hydrogen) atoms. The van der Waals surface area contributed by atoms with E-state index in [1.807, 2.05) is 18.2 Å². The van der Waals surface area contributed by atoms with Crippen molar-refractivity contribution >= 4 is 12.4 Å². The van der Waals surface area contributed by atoms with Crippen molar-refractivity contribution in [3.63, 3.8) is 0 Å². The fraction of sp³-hybridized carbons (Fsp3) is 0.579. The highest BCUT2D eigenvalue weighted by atomic mass is 16.5. The van der Waals surface area contributed by atoms with Crippen molar-refractivity contribution in [2.24, 2.45) is 0 Å². The molecule has 2 aliphatic rings. The van der Waals surface area contributed by atoms with Gasteiger partial charge in [-0.25, -0.2) is 0 Å². The fourth-order valence-corrected chi connectivity index (χ4v) is 4.17. The molecule has 2 heterocycles. The van der Waals surface area contributed by atoms with Crippen molar-refractivity contribution in [3.8, 4) is 0 Å². The molecule has 130 valence electrons. The van der Waals surface area contributed by atoms with Crippen LogP contribution in [0.4, 0.5) is 0 Å². The van der Waals surface area contributed by atoms with Gasteiger partial charge in [-0.3, -0.25) is 9.59 Å². The van der Waals surface area contributed by atoms with Gasteiger partial charge in [0.1, 0.15) is 6.10 Å². The van der Waals surface area contributed by atoms with E-state index in [4.69, 9.17) is 4.74 Å². The summed E-state index contributed by atoms with van der Waals surface area (Å²) in [4.78, 5) is 25.5. The summed E-state index contributed by atoms with van der Waals surface area (Å²) in [6.07, 6.45) is 4.64. The maximum Gasteiger partial charge on any atom is 0.293 e. The zero-order valence-electron chi connectivity index (χ0n) is 14.1. The van der Waals surface area contributed by atoms with Crippen LogP contribution in [0.25, 0.3) is 0 Å². The predicted octanol–water partition coefficient (Wildman–Crippen LogP) is 1.91. The highest BCUT2D eigenvalue weighted by Gasteiger charge is 2.44. The summed E-state index contributed by atoms with van der Waals surface area (Å²) in [5, 5.41) is 3.38. The average molecular weight is 330 g/mol. The second-order valence-corrected chi connectivity index (χ2v) is 6.87. The van der Waals surface area contributed by atoms with Gasteiger partial charge < -0.3 is 15.0 Å². The molecular weight excluding hydrogens is 304 g/mol. The number of amides is 1. The second kappa shape index (κ2) is 7.79. The Labute approximate surface area is 143 Å². The standard InChI is InChI=1S/C19H26N2O3/c22-15-24-17(13-16-5-2-1-3-6-16)14-19(8-10-20-11-9-19)21-12-4-7-18(21)23/h1-3,5-6,15,17,20H,4,7-14H2. The Bertz CT molecular complexity index is 555. The zero-order chi connectivity index (χ0) is 16.8. The summed E-state index contributed by atoms with van der Waals surface area (Å²) in [5.74, 6) is 0.251. The van der Waals surface area contributed by atoms with Crippen LogP contribution in [0.3, 0.4) is 0 Å². The van der Waals surface area contributed by atoms with E-state index >= 15 is 0 Å². The molecule has 2 aliphatic heterocycles. The molecule has 5 heteroatoms. The minimum Gasteiger partial charge on any atom is -0.464 e. The van der Waals surface area contributed by atoms with Crippen molar-refractivity contribution < 1.29 is 14.3 Å². The maximum atomic E-state index is 12.4. The molecule has 1 aromatic carbocycles. The third-order valence-corrected chi connectivity index (χ3v) is 5.34. The molecule has 1 N–H and O–H groups in total. The number of hydrogen-bond donors (Lipinski definition) is 1. The van der Waals surface area contributed by atoms with Crippen LogP contribution in [0.1, 0.15) is 37.7 Å². The molecule has 2 saturated heterocycles. The average Bonchev–Trinajstić information content (AvgIpc) is 3.04. The third kappa shape index (κ3) is 3.78. The van der Waals surface area contributed by atoms with E-state index < -0.39 is 0 Å². The molecule has 1 aromatic rings. The number of nitrogens with one attached hydrogen (secondary N) is 1. The first kappa shape index (κ1) is 17.0. The number of carbonyl (C=O) groups excluding carboxylic acids is 2. The quantitative estimate of drug-likeness (QED) is 0.776. The van der Waals surface area contributed by atoms with Crippen LogP contribution in [0.2, 0.25) is 0 Å². The number of likely N-dealkylation sites (tertiary alicyclic amines) is 1. The van der Waals surface area contributed by atoms with Gasteiger partial charge in [-0.05, 0) is 37.9 Å². The Morgan fingerprint density at radius 2 is 2.00 bits per heavy atom. The Kier molecular flexibility index (Phi) is 5.51. The molecule has 0 radical (unpaired) electrons. The first-order chi connectivity index (χ1) is 11.7. The maximum absolute atomic E-state index is 12.4. The molecule has 0 aliphatic carbocycles. The summed E-state index contributed by atoms with van der Waals surface area (Å²) in [6, 6.07) is 10.1. The summed E-state index contributed by atoms with van der Waals surface area (Å²) in [7, 11) is 0. The van der Waals surface area contributed by atoms with Crippen molar-refractivity contribution in [3.05, 3.63) is 35.9 Å². The van der Waals surface area contributed by atoms with E-state index in [2.05, 4.69) is 22.3 Å². The van der Waals surface area contributed by atoms with E-state index in [1.165, 1.54) is 0 Å². The van der Waals surface area contributed by atoms with E-state index in [0.29, 0.717) is 25.7 Å². The smallest absolute Gasteiger partial charge is 0.293 e. The van der Waals surface area contributed by atoms with E-state index in [9.17, 15) is 9.59 Å². The molecule has 2 fully saturated rings. The van der Waals surface area contributed by atoms with Gasteiger partial charge in [0.25, 0.3) is 6.47 Å². The van der Waals surface area contributed by atoms with E-state index in [0.717, 1.165) is 44.5 Å². The van der Waals surface area contributed by atoms with Crippen molar-refractivity contribution in [2.75, 3.05) is 19.6 Å². The number of benzene rings is 1. The first-order valence-corrected chi connectivity index (χ1v) is 8.88. The number of hydrogen-bond acceptors (Lipinski definition) is 4. The highest BCUT2D eigenvalue weighted by Crippen LogP contribution is 2.35. The van der Waals surface area contributed by atoms with Crippen LogP contribution < -0.4 is 5.32 Å². The topological polar surface area (TPSA) is 58.6 Å². The van der Waals surface area contributed by atoms with Crippen LogP contribution in [0, 0.1) is 0 Å². The molecular formula is C19H26N2O3. The molecule has 5 nitrogen and oxygen atoms in total. The fourth-order valence-electron chi connectivity index (χ4n) is 4.17. The molecule has 0 spiro atoms. The number of carbonyl (C=O) groups is 2. The van der Waals surface area contributed by atoms with Crippen LogP contribution in [-0.2, 0) is 20.7 Å². The van der Waals surface area contributed by atoms with Crippen LogP contribution in [0.15, 0.2) is 30.3 Å². The van der Waals surface area contributed by atoms with Crippen LogP contribution >= 0.6 is 0 Å². The largest absolute Gasteiger partial charge is 0.464 e. The van der Waals surface area contributed by atoms with E-state index in [1.54, 1.807) is 0 Å². The number of nitrogens with zero attached hydrogens (tertiary/aromatic N) is 1. The van der Waals surface area contributed by atoms with Gasteiger partial charge in [-0.2, -0.15) is 0 Å². The zero-order valence-corrected chi connectivity index (χ0v) is 14.1. The third-order valence-electron chi connectivity index (χ3n) is 5.34. The van der Waals surface area contributed by atoms with Crippen molar-refractivity contribution in [2.45, 2.75) is 50.2 Å². The minimum absolute atomic E-state index is 0.179. The Balaban J connectivity index is 1.78. The Morgan fingerprint density at radius 1 is 1.25 bits per heavy atom. The van der Waals surface area contributed by atoms with Gasteiger partial charge in [0, 0.05) is 31.3 Å². The second-order valence-electron chi connectivity index (χ2n) is 6.87. The summed E-state index contributed by atoms with van der Waals surface area (Å²) in [5.41, 5.74) is 0.975. The van der Waals surface area contributed by atoms with Crippen molar-refractivity contribution in [1.29, 1.82) is 0 Å². The van der Waals surface area contributed by atoms with Crippen LogP contribution in [0.5, 0.6) is 0 Å². The van der Waals surface area contributed by atoms with Crippen LogP contribution in [-0.4, -0.2) is 48.6 Å². The predicted molar refractivity (Wildman–Crippen MR) is 91.5 cm³/mol. The van der Waals surface area contributed by atoms with Gasteiger partial charge in [0.2, 0.25) is 5.91 Å². The molecule has 1 unspecified atom stereocenters. The Morgan fingerprint density at radius 3 is 2.62 bits per heavy atom. The lowest BCUT2D eigenvalue weighted by Gasteiger charge is -2.46. The minimum atomic E-state index is -0.198. The number of rotatable bonds is 7. The van der Waals surface area contributed by atoms with Gasteiger partial charge in [0.05, 0.1) is 0 Å². The first-order valence-electron chi connectivity index (χ1n) is 8.88. The lowest BCUT2D eigenvalue weighted by atomic mass is 9.80. The lowest BCUT2D eigenvalue weighted by Crippen LogP contribution is -2.56. The summed E-state index contributed by atoms with van der Waals surface area (Å²) < 4.78 is 5.43. The van der Waals surface area contributed by atoms with E-state index in [-0.39, 0.29) is 17.6 Å². The lowest BCUT2D eigenvalue weighted by molar-refractivity contribution is -0.140. The number of piperidine rings is 1. The van der Waals surface area contributed by atoms with Crippen molar-refractivity contribution in [1.82, 2.24) is 10.2 Å². The molecule has 3 rings (SSSR count). The Hall–Kier alpha value is -1.88. The van der Waals surface area contributed by atoms with Gasteiger partial charge in [0.15, 0.2) is 0 Å².